The van der Waals surface area contributed by atoms with Crippen LogP contribution in [0, 0.1) is 0 Å². The zero-order valence-corrected chi connectivity index (χ0v) is 14.0. The Bertz CT molecular complexity index is 891. The molecular formula is C15H12N2O2S3. The number of thioether (sulfide) groups is 1. The summed E-state index contributed by atoms with van der Waals surface area (Å²) in [5.74, 6) is 0.402. The standard InChI is InChI=1S/C15H12N2O2S3/c18-11(12-2-1-6-20-12)8-22-15-16-13-10(5-7-21-13)14(19)17(15)9-3-4-9/h1-2,5-7,9H,3-4,8H2. The van der Waals surface area contributed by atoms with E-state index in [1.54, 1.807) is 4.57 Å². The zero-order valence-electron chi connectivity index (χ0n) is 11.5. The Morgan fingerprint density at radius 1 is 1.32 bits per heavy atom. The van der Waals surface area contributed by atoms with E-state index in [0.717, 1.165) is 22.5 Å². The quantitative estimate of drug-likeness (QED) is 0.399. The van der Waals surface area contributed by atoms with Gasteiger partial charge in [0.1, 0.15) is 4.83 Å². The monoisotopic (exact) mass is 348 g/mol. The van der Waals surface area contributed by atoms with Crippen molar-refractivity contribution in [2.45, 2.75) is 24.0 Å². The van der Waals surface area contributed by atoms with E-state index in [-0.39, 0.29) is 17.4 Å². The molecule has 1 saturated carbocycles. The van der Waals surface area contributed by atoms with Gasteiger partial charge < -0.3 is 0 Å². The highest BCUT2D eigenvalue weighted by molar-refractivity contribution is 7.99. The zero-order chi connectivity index (χ0) is 15.1. The number of rotatable bonds is 5. The minimum Gasteiger partial charge on any atom is -0.292 e. The van der Waals surface area contributed by atoms with Crippen LogP contribution in [0.25, 0.3) is 10.2 Å². The van der Waals surface area contributed by atoms with Crippen LogP contribution in [-0.2, 0) is 0 Å². The lowest BCUT2D eigenvalue weighted by Crippen LogP contribution is -2.22. The molecule has 3 aromatic rings. The topological polar surface area (TPSA) is 52.0 Å². The lowest BCUT2D eigenvalue weighted by molar-refractivity contribution is 0.102. The number of aromatic nitrogens is 2. The van der Waals surface area contributed by atoms with Crippen LogP contribution < -0.4 is 5.56 Å². The van der Waals surface area contributed by atoms with Crippen LogP contribution >= 0.6 is 34.4 Å². The molecule has 1 aliphatic rings. The molecule has 0 amide bonds. The molecule has 0 radical (unpaired) electrons. The largest absolute Gasteiger partial charge is 0.292 e. The first-order valence-corrected chi connectivity index (χ1v) is 9.68. The third kappa shape index (κ3) is 2.53. The highest BCUT2D eigenvalue weighted by Crippen LogP contribution is 2.37. The molecule has 0 atom stereocenters. The second-order valence-corrected chi connectivity index (χ2v) is 7.91. The Balaban J connectivity index is 1.67. The van der Waals surface area contributed by atoms with Gasteiger partial charge in [0.05, 0.1) is 16.0 Å². The van der Waals surface area contributed by atoms with Crippen molar-refractivity contribution in [3.63, 3.8) is 0 Å². The lowest BCUT2D eigenvalue weighted by atomic mass is 10.4. The Morgan fingerprint density at radius 2 is 2.18 bits per heavy atom. The summed E-state index contributed by atoms with van der Waals surface area (Å²) in [4.78, 5) is 30.9. The molecule has 0 saturated heterocycles. The normalized spacial score (nSPS) is 14.5. The molecule has 112 valence electrons. The minimum absolute atomic E-state index is 0.0276. The van der Waals surface area contributed by atoms with Crippen molar-refractivity contribution in [2.24, 2.45) is 0 Å². The van der Waals surface area contributed by atoms with Crippen molar-refractivity contribution in [1.29, 1.82) is 0 Å². The molecule has 3 heterocycles. The van der Waals surface area contributed by atoms with E-state index >= 15 is 0 Å². The molecule has 0 bridgehead atoms. The maximum Gasteiger partial charge on any atom is 0.263 e. The Labute approximate surface area is 138 Å². The molecule has 3 aromatic heterocycles. The predicted octanol–water partition coefficient (Wildman–Crippen LogP) is 3.83. The van der Waals surface area contributed by atoms with Gasteiger partial charge in [-0.2, -0.15) is 0 Å². The smallest absolute Gasteiger partial charge is 0.263 e. The Morgan fingerprint density at radius 3 is 2.91 bits per heavy atom. The predicted molar refractivity (Wildman–Crippen MR) is 91.5 cm³/mol. The molecule has 4 nitrogen and oxygen atoms in total. The summed E-state index contributed by atoms with van der Waals surface area (Å²) in [7, 11) is 0. The number of fused-ring (bicyclic) bond motifs is 1. The number of thiophene rings is 2. The third-order valence-corrected chi connectivity index (χ3v) is 6.21. The molecule has 0 aliphatic heterocycles. The molecule has 0 aromatic carbocycles. The lowest BCUT2D eigenvalue weighted by Gasteiger charge is -2.10. The second kappa shape index (κ2) is 5.64. The fraction of sp³-hybridized carbons (Fsp3) is 0.267. The van der Waals surface area contributed by atoms with Crippen LogP contribution in [0.1, 0.15) is 28.6 Å². The van der Waals surface area contributed by atoms with Crippen LogP contribution in [0.15, 0.2) is 38.9 Å². The average molecular weight is 348 g/mol. The van der Waals surface area contributed by atoms with Gasteiger partial charge in [-0.05, 0) is 35.7 Å². The van der Waals surface area contributed by atoms with E-state index < -0.39 is 0 Å². The van der Waals surface area contributed by atoms with Crippen molar-refractivity contribution in [3.8, 4) is 0 Å². The molecule has 1 fully saturated rings. The molecule has 0 unspecified atom stereocenters. The van der Waals surface area contributed by atoms with Gasteiger partial charge in [0, 0.05) is 6.04 Å². The Hall–Kier alpha value is -1.44. The van der Waals surface area contributed by atoms with Gasteiger partial charge in [-0.15, -0.1) is 22.7 Å². The summed E-state index contributed by atoms with van der Waals surface area (Å²) in [5.41, 5.74) is 0.0276. The van der Waals surface area contributed by atoms with Gasteiger partial charge >= 0.3 is 0 Å². The summed E-state index contributed by atoms with van der Waals surface area (Å²) >= 11 is 4.28. The molecule has 1 aliphatic carbocycles. The van der Waals surface area contributed by atoms with Crippen LogP contribution in [0.5, 0.6) is 0 Å². The fourth-order valence-corrected chi connectivity index (χ4v) is 4.81. The van der Waals surface area contributed by atoms with E-state index in [1.807, 2.05) is 29.0 Å². The highest BCUT2D eigenvalue weighted by Gasteiger charge is 2.29. The summed E-state index contributed by atoms with van der Waals surface area (Å²) in [5, 5.41) is 5.15. The van der Waals surface area contributed by atoms with Crippen LogP contribution in [-0.4, -0.2) is 21.1 Å². The first-order valence-electron chi connectivity index (χ1n) is 6.93. The van der Waals surface area contributed by atoms with Crippen molar-refractivity contribution in [1.82, 2.24) is 9.55 Å². The van der Waals surface area contributed by atoms with Crippen molar-refractivity contribution >= 4 is 50.4 Å². The number of nitrogens with zero attached hydrogens (tertiary/aromatic N) is 2. The van der Waals surface area contributed by atoms with E-state index in [4.69, 9.17) is 0 Å². The van der Waals surface area contributed by atoms with Crippen LogP contribution in [0.2, 0.25) is 0 Å². The van der Waals surface area contributed by atoms with Gasteiger partial charge in [0.15, 0.2) is 10.9 Å². The summed E-state index contributed by atoms with van der Waals surface area (Å²) in [6, 6.07) is 5.79. The third-order valence-electron chi connectivity index (χ3n) is 3.54. The van der Waals surface area contributed by atoms with Gasteiger partial charge in [-0.1, -0.05) is 17.8 Å². The highest BCUT2D eigenvalue weighted by atomic mass is 32.2. The molecule has 22 heavy (non-hydrogen) atoms. The van der Waals surface area contributed by atoms with Gasteiger partial charge in [0.2, 0.25) is 0 Å². The fourth-order valence-electron chi connectivity index (χ4n) is 2.30. The van der Waals surface area contributed by atoms with Gasteiger partial charge in [0.25, 0.3) is 5.56 Å². The SMILES string of the molecule is O=C(CSc1nc2sccc2c(=O)n1C1CC1)c1cccs1. The number of hydrogen-bond donors (Lipinski definition) is 0. The maximum atomic E-state index is 12.6. The number of ketones is 1. The summed E-state index contributed by atoms with van der Waals surface area (Å²) < 4.78 is 1.78. The average Bonchev–Trinajstić information content (AvgIpc) is 3.03. The molecular weight excluding hydrogens is 336 g/mol. The molecule has 7 heteroatoms. The summed E-state index contributed by atoms with van der Waals surface area (Å²) in [6.07, 6.45) is 2.04. The van der Waals surface area contributed by atoms with Crippen LogP contribution in [0.4, 0.5) is 0 Å². The van der Waals surface area contributed by atoms with Crippen molar-refractivity contribution < 1.29 is 4.79 Å². The number of hydrogen-bond acceptors (Lipinski definition) is 6. The van der Waals surface area contributed by atoms with Gasteiger partial charge in [-0.25, -0.2) is 4.98 Å². The second-order valence-electron chi connectivity index (χ2n) is 5.13. The minimum atomic E-state index is 0.0276. The van der Waals surface area contributed by atoms with E-state index in [0.29, 0.717) is 16.3 Å². The maximum absolute atomic E-state index is 12.6. The van der Waals surface area contributed by atoms with E-state index in [2.05, 4.69) is 4.98 Å². The number of carbonyl (C=O) groups is 1. The number of carbonyl (C=O) groups excluding carboxylic acids is 1. The van der Waals surface area contributed by atoms with E-state index in [1.165, 1.54) is 34.4 Å². The molecule has 4 rings (SSSR count). The molecule has 0 spiro atoms. The summed E-state index contributed by atoms with van der Waals surface area (Å²) in [6.45, 7) is 0. The van der Waals surface area contributed by atoms with E-state index in [9.17, 15) is 9.59 Å². The van der Waals surface area contributed by atoms with Crippen molar-refractivity contribution in [3.05, 3.63) is 44.2 Å². The number of Topliss-reactive ketones (excluding diaryl/α,β-unsaturated/α-hetero) is 1. The van der Waals surface area contributed by atoms with Crippen molar-refractivity contribution in [2.75, 3.05) is 5.75 Å². The molecule has 0 N–H and O–H groups in total. The van der Waals surface area contributed by atoms with Gasteiger partial charge in [-0.3, -0.25) is 14.2 Å². The van der Waals surface area contributed by atoms with Crippen LogP contribution in [0.3, 0.4) is 0 Å². The Kier molecular flexibility index (Phi) is 3.63. The first-order chi connectivity index (χ1) is 10.7. The first kappa shape index (κ1) is 14.2.